The standard InChI is InChI=1S/C25H21NO7/c1-14-12-17(32-2)9-10-18(14)22(27)20-21(19-4-3-11-33-19)26(24(29)23(20)28)13-15-5-7-16(8-6-15)25(30)31/h3-12,21,27H,13H2,1-2H3,(H,30,31)/b22-20-. The molecule has 1 aliphatic rings. The summed E-state index contributed by atoms with van der Waals surface area (Å²) >= 11 is 0. The van der Waals surface area contributed by atoms with Crippen LogP contribution in [0.15, 0.2) is 70.9 Å². The van der Waals surface area contributed by atoms with Gasteiger partial charge in [-0.15, -0.1) is 0 Å². The summed E-state index contributed by atoms with van der Waals surface area (Å²) in [5.74, 6) is -2.07. The molecule has 1 aliphatic heterocycles. The number of aryl methyl sites for hydroxylation is 1. The number of benzene rings is 2. The first kappa shape index (κ1) is 21.9. The van der Waals surface area contributed by atoms with Crippen LogP contribution in [0.3, 0.4) is 0 Å². The zero-order valence-corrected chi connectivity index (χ0v) is 17.9. The first-order valence-electron chi connectivity index (χ1n) is 10.1. The lowest BCUT2D eigenvalue weighted by Crippen LogP contribution is -2.29. The lowest BCUT2D eigenvalue weighted by molar-refractivity contribution is -0.140. The van der Waals surface area contributed by atoms with Gasteiger partial charge in [-0.2, -0.15) is 0 Å². The zero-order valence-electron chi connectivity index (χ0n) is 17.9. The molecule has 1 aromatic heterocycles. The summed E-state index contributed by atoms with van der Waals surface area (Å²) in [5.41, 5.74) is 1.72. The summed E-state index contributed by atoms with van der Waals surface area (Å²) < 4.78 is 10.7. The first-order valence-corrected chi connectivity index (χ1v) is 10.1. The Morgan fingerprint density at radius 1 is 1.09 bits per heavy atom. The van der Waals surface area contributed by atoms with Gasteiger partial charge in [0.05, 0.1) is 24.5 Å². The number of methoxy groups -OCH3 is 1. The monoisotopic (exact) mass is 447 g/mol. The van der Waals surface area contributed by atoms with Crippen LogP contribution in [-0.2, 0) is 16.1 Å². The number of amides is 1. The van der Waals surface area contributed by atoms with Crippen LogP contribution in [0.4, 0.5) is 0 Å². The van der Waals surface area contributed by atoms with Crippen LogP contribution in [0, 0.1) is 6.92 Å². The Kier molecular flexibility index (Phi) is 5.74. The third-order valence-electron chi connectivity index (χ3n) is 5.60. The van der Waals surface area contributed by atoms with E-state index >= 15 is 0 Å². The second-order valence-electron chi connectivity index (χ2n) is 7.63. The van der Waals surface area contributed by atoms with Crippen LogP contribution < -0.4 is 4.74 Å². The molecule has 1 fully saturated rings. The fourth-order valence-electron chi connectivity index (χ4n) is 3.91. The number of ketones is 1. The number of hydrogen-bond donors (Lipinski definition) is 2. The molecule has 2 aromatic carbocycles. The number of likely N-dealkylation sites (tertiary alicyclic amines) is 1. The molecule has 0 saturated carbocycles. The van der Waals surface area contributed by atoms with Crippen molar-refractivity contribution in [1.29, 1.82) is 0 Å². The fourth-order valence-corrected chi connectivity index (χ4v) is 3.91. The number of aliphatic hydroxyl groups is 1. The second kappa shape index (κ2) is 8.66. The average Bonchev–Trinajstić information content (AvgIpc) is 3.41. The van der Waals surface area contributed by atoms with E-state index < -0.39 is 23.7 Å². The third kappa shape index (κ3) is 3.98. The Bertz CT molecular complexity index is 1260. The number of rotatable bonds is 6. The predicted molar refractivity (Wildman–Crippen MR) is 118 cm³/mol. The van der Waals surface area contributed by atoms with E-state index in [0.717, 1.165) is 0 Å². The summed E-state index contributed by atoms with van der Waals surface area (Å²) in [5, 5.41) is 20.2. The number of carboxylic acids is 1. The van der Waals surface area contributed by atoms with E-state index in [4.69, 9.17) is 14.3 Å². The number of aliphatic hydroxyl groups excluding tert-OH is 1. The molecule has 2 heterocycles. The molecule has 2 N–H and O–H groups in total. The molecule has 0 spiro atoms. The lowest BCUT2D eigenvalue weighted by Gasteiger charge is -2.23. The number of furan rings is 1. The number of carbonyl (C=O) groups is 3. The summed E-state index contributed by atoms with van der Waals surface area (Å²) in [7, 11) is 1.53. The number of carboxylic acid groups (broad SMARTS) is 1. The maximum absolute atomic E-state index is 13.1. The molecule has 1 saturated heterocycles. The third-order valence-corrected chi connectivity index (χ3v) is 5.60. The van der Waals surface area contributed by atoms with Crippen molar-refractivity contribution in [3.05, 3.63) is 94.4 Å². The minimum atomic E-state index is -1.06. The van der Waals surface area contributed by atoms with Gasteiger partial charge in [0.2, 0.25) is 0 Å². The SMILES string of the molecule is COc1ccc(/C(O)=C2/C(=O)C(=O)N(Cc3ccc(C(=O)O)cc3)C2c2ccco2)c(C)c1. The molecule has 168 valence electrons. The van der Waals surface area contributed by atoms with E-state index in [2.05, 4.69) is 0 Å². The highest BCUT2D eigenvalue weighted by atomic mass is 16.5. The van der Waals surface area contributed by atoms with E-state index in [0.29, 0.717) is 28.2 Å². The number of nitrogens with zero attached hydrogens (tertiary/aromatic N) is 1. The largest absolute Gasteiger partial charge is 0.507 e. The molecule has 1 amide bonds. The van der Waals surface area contributed by atoms with Gasteiger partial charge >= 0.3 is 5.97 Å². The molecule has 1 unspecified atom stereocenters. The zero-order chi connectivity index (χ0) is 23.7. The number of Topliss-reactive ketones (excluding diaryl/α,β-unsaturated/α-hetero) is 1. The van der Waals surface area contributed by atoms with E-state index in [1.165, 1.54) is 30.4 Å². The van der Waals surface area contributed by atoms with Crippen molar-refractivity contribution < 1.29 is 33.8 Å². The predicted octanol–water partition coefficient (Wildman–Crippen LogP) is 3.92. The van der Waals surface area contributed by atoms with Crippen LogP contribution in [0.2, 0.25) is 0 Å². The molecule has 33 heavy (non-hydrogen) atoms. The van der Waals surface area contributed by atoms with Gasteiger partial charge < -0.3 is 24.3 Å². The van der Waals surface area contributed by atoms with Gasteiger partial charge in [-0.1, -0.05) is 12.1 Å². The van der Waals surface area contributed by atoms with Crippen LogP contribution in [0.25, 0.3) is 5.76 Å². The molecule has 0 radical (unpaired) electrons. The van der Waals surface area contributed by atoms with Crippen LogP contribution in [-0.4, -0.2) is 39.9 Å². The van der Waals surface area contributed by atoms with Crippen molar-refractivity contribution in [3.8, 4) is 5.75 Å². The van der Waals surface area contributed by atoms with E-state index in [-0.39, 0.29) is 23.4 Å². The Balaban J connectivity index is 1.79. The van der Waals surface area contributed by atoms with E-state index in [9.17, 15) is 19.5 Å². The highest BCUT2D eigenvalue weighted by Gasteiger charge is 2.47. The Labute approximate surface area is 189 Å². The first-order chi connectivity index (χ1) is 15.8. The molecule has 1 atom stereocenters. The van der Waals surface area contributed by atoms with Crippen molar-refractivity contribution in [2.45, 2.75) is 19.5 Å². The van der Waals surface area contributed by atoms with Gasteiger partial charge in [0.25, 0.3) is 11.7 Å². The van der Waals surface area contributed by atoms with E-state index in [1.807, 2.05) is 0 Å². The van der Waals surface area contributed by atoms with Crippen molar-refractivity contribution in [1.82, 2.24) is 4.90 Å². The van der Waals surface area contributed by atoms with Gasteiger partial charge in [0, 0.05) is 12.1 Å². The molecule has 0 aliphatic carbocycles. The molecule has 8 nitrogen and oxygen atoms in total. The van der Waals surface area contributed by atoms with E-state index in [1.54, 1.807) is 49.4 Å². The maximum Gasteiger partial charge on any atom is 0.335 e. The minimum Gasteiger partial charge on any atom is -0.507 e. The molecule has 3 aromatic rings. The maximum atomic E-state index is 13.1. The molecule has 4 rings (SSSR count). The Hall–Kier alpha value is -4.33. The van der Waals surface area contributed by atoms with Crippen molar-refractivity contribution >= 4 is 23.4 Å². The number of ether oxygens (including phenoxy) is 1. The van der Waals surface area contributed by atoms with Gasteiger partial charge in [-0.3, -0.25) is 9.59 Å². The lowest BCUT2D eigenvalue weighted by atomic mass is 9.96. The molecular formula is C25H21NO7. The topological polar surface area (TPSA) is 117 Å². The quantitative estimate of drug-likeness (QED) is 0.334. The summed E-state index contributed by atoms with van der Waals surface area (Å²) in [6.45, 7) is 1.79. The molecule has 0 bridgehead atoms. The minimum absolute atomic E-state index is 0.0220. The second-order valence-corrected chi connectivity index (χ2v) is 7.63. The highest BCUT2D eigenvalue weighted by molar-refractivity contribution is 6.46. The number of carbonyl (C=O) groups excluding carboxylic acids is 2. The van der Waals surface area contributed by atoms with Crippen molar-refractivity contribution in [2.75, 3.05) is 7.11 Å². The smallest absolute Gasteiger partial charge is 0.335 e. The average molecular weight is 447 g/mol. The highest BCUT2D eigenvalue weighted by Crippen LogP contribution is 2.41. The summed E-state index contributed by atoms with van der Waals surface area (Å²) in [6, 6.07) is 13.3. The Morgan fingerprint density at radius 3 is 2.39 bits per heavy atom. The van der Waals surface area contributed by atoms with Gasteiger partial charge in [-0.25, -0.2) is 4.79 Å². The summed E-state index contributed by atoms with van der Waals surface area (Å²) in [4.78, 5) is 38.5. The van der Waals surface area contributed by atoms with Crippen molar-refractivity contribution in [3.63, 3.8) is 0 Å². The molecule has 8 heteroatoms. The van der Waals surface area contributed by atoms with Crippen LogP contribution in [0.1, 0.15) is 38.9 Å². The fraction of sp³-hybridized carbons (Fsp3) is 0.160. The summed E-state index contributed by atoms with van der Waals surface area (Å²) in [6.07, 6.45) is 1.43. The van der Waals surface area contributed by atoms with Gasteiger partial charge in [0.1, 0.15) is 23.3 Å². The number of hydrogen-bond acceptors (Lipinski definition) is 6. The van der Waals surface area contributed by atoms with Crippen LogP contribution >= 0.6 is 0 Å². The van der Waals surface area contributed by atoms with Gasteiger partial charge in [-0.05, 0) is 60.5 Å². The Morgan fingerprint density at radius 2 is 1.82 bits per heavy atom. The normalized spacial score (nSPS) is 17.4. The van der Waals surface area contributed by atoms with Gasteiger partial charge in [0.15, 0.2) is 0 Å². The van der Waals surface area contributed by atoms with Crippen LogP contribution in [0.5, 0.6) is 5.75 Å². The van der Waals surface area contributed by atoms with Crippen molar-refractivity contribution in [2.24, 2.45) is 0 Å². The number of aromatic carboxylic acids is 1. The molecular weight excluding hydrogens is 426 g/mol.